The molecule has 126 valence electrons. The number of hydrogen-bond donors (Lipinski definition) is 0. The Kier molecular flexibility index (Phi) is 4.64. The van der Waals surface area contributed by atoms with Crippen molar-refractivity contribution in [3.05, 3.63) is 46.0 Å². The molecule has 0 fully saturated rings. The number of benzene rings is 1. The lowest BCUT2D eigenvalue weighted by Crippen LogP contribution is -2.19. The van der Waals surface area contributed by atoms with Gasteiger partial charge < -0.3 is 9.30 Å². The van der Waals surface area contributed by atoms with E-state index in [1.54, 1.807) is 17.9 Å². The van der Waals surface area contributed by atoms with Crippen molar-refractivity contribution in [1.82, 2.24) is 14.3 Å². The quantitative estimate of drug-likeness (QED) is 0.730. The highest BCUT2D eigenvalue weighted by Crippen LogP contribution is 2.19. The second-order valence-corrected chi connectivity index (χ2v) is 6.72. The molecule has 1 aromatic carbocycles. The van der Waals surface area contributed by atoms with Gasteiger partial charge in [-0.1, -0.05) is 17.4 Å². The Hall–Kier alpha value is -2.25. The molecule has 7 heteroatoms. The highest BCUT2D eigenvalue weighted by Gasteiger charge is 2.12. The van der Waals surface area contributed by atoms with Crippen LogP contribution in [0.4, 0.5) is 0 Å². The summed E-state index contributed by atoms with van der Waals surface area (Å²) in [6.07, 6.45) is 0. The summed E-state index contributed by atoms with van der Waals surface area (Å²) in [6.45, 7) is 5.17. The SMILES string of the molecule is COCCn1c(=NC(=O)c2cc(C)n(C)n2)sc2cc(C)ccc21. The molecule has 0 spiro atoms. The van der Waals surface area contributed by atoms with Gasteiger partial charge in [0, 0.05) is 26.4 Å². The van der Waals surface area contributed by atoms with Gasteiger partial charge >= 0.3 is 0 Å². The summed E-state index contributed by atoms with van der Waals surface area (Å²) < 4.78 is 10.0. The van der Waals surface area contributed by atoms with E-state index >= 15 is 0 Å². The Morgan fingerprint density at radius 3 is 2.79 bits per heavy atom. The number of carbonyl (C=O) groups excluding carboxylic acids is 1. The van der Waals surface area contributed by atoms with Gasteiger partial charge in [-0.3, -0.25) is 9.48 Å². The first-order valence-electron chi connectivity index (χ1n) is 7.68. The summed E-state index contributed by atoms with van der Waals surface area (Å²) >= 11 is 1.51. The van der Waals surface area contributed by atoms with Crippen LogP contribution in [-0.2, 0) is 18.3 Å². The molecule has 0 radical (unpaired) electrons. The number of fused-ring (bicyclic) bond motifs is 1. The van der Waals surface area contributed by atoms with Gasteiger partial charge in [-0.05, 0) is 37.6 Å². The Morgan fingerprint density at radius 2 is 2.12 bits per heavy atom. The predicted molar refractivity (Wildman–Crippen MR) is 94.3 cm³/mol. The molecular weight excluding hydrogens is 324 g/mol. The van der Waals surface area contributed by atoms with Crippen LogP contribution in [0.3, 0.4) is 0 Å². The normalized spacial score (nSPS) is 12.2. The maximum Gasteiger partial charge on any atom is 0.300 e. The van der Waals surface area contributed by atoms with E-state index in [1.165, 1.54) is 16.9 Å². The summed E-state index contributed by atoms with van der Waals surface area (Å²) in [5, 5.41) is 4.21. The molecule has 3 rings (SSSR count). The molecule has 0 unspecified atom stereocenters. The predicted octanol–water partition coefficient (Wildman–Crippen LogP) is 2.44. The molecule has 2 heterocycles. The Morgan fingerprint density at radius 1 is 1.33 bits per heavy atom. The second-order valence-electron chi connectivity index (χ2n) is 5.71. The molecule has 2 aromatic heterocycles. The molecule has 0 N–H and O–H groups in total. The van der Waals surface area contributed by atoms with E-state index in [1.807, 2.05) is 18.5 Å². The van der Waals surface area contributed by atoms with E-state index in [0.717, 1.165) is 15.9 Å². The van der Waals surface area contributed by atoms with E-state index in [9.17, 15) is 4.79 Å². The number of rotatable bonds is 4. The third-order valence-electron chi connectivity index (χ3n) is 3.89. The number of nitrogens with zero attached hydrogens (tertiary/aromatic N) is 4. The number of ether oxygens (including phenoxy) is 1. The first-order chi connectivity index (χ1) is 11.5. The maximum atomic E-state index is 12.5. The van der Waals surface area contributed by atoms with Gasteiger partial charge in [0.15, 0.2) is 10.5 Å². The van der Waals surface area contributed by atoms with E-state index in [-0.39, 0.29) is 5.91 Å². The zero-order valence-corrected chi connectivity index (χ0v) is 15.1. The van der Waals surface area contributed by atoms with Crippen LogP contribution in [0.5, 0.6) is 0 Å². The standard InChI is InChI=1S/C17H20N4O2S/c1-11-5-6-14-15(9-11)24-17(21(14)7-8-23-4)18-16(22)13-10-12(2)20(3)19-13/h5-6,9-10H,7-8H2,1-4H3. The Bertz CT molecular complexity index is 945. The maximum absolute atomic E-state index is 12.5. The molecule has 0 aliphatic carbocycles. The van der Waals surface area contributed by atoms with Crippen LogP contribution in [0.15, 0.2) is 29.3 Å². The lowest BCUT2D eigenvalue weighted by molar-refractivity contribution is 0.0992. The lowest BCUT2D eigenvalue weighted by Gasteiger charge is -2.04. The van der Waals surface area contributed by atoms with Crippen molar-refractivity contribution >= 4 is 27.5 Å². The lowest BCUT2D eigenvalue weighted by atomic mass is 10.2. The third-order valence-corrected chi connectivity index (χ3v) is 4.93. The highest BCUT2D eigenvalue weighted by atomic mass is 32.1. The number of thiazole rings is 1. The van der Waals surface area contributed by atoms with Crippen molar-refractivity contribution in [3.8, 4) is 0 Å². The van der Waals surface area contributed by atoms with Crippen molar-refractivity contribution in [3.63, 3.8) is 0 Å². The van der Waals surface area contributed by atoms with E-state index in [2.05, 4.69) is 35.2 Å². The molecule has 0 atom stereocenters. The Labute approximate surface area is 144 Å². The van der Waals surface area contributed by atoms with Crippen LogP contribution >= 0.6 is 11.3 Å². The van der Waals surface area contributed by atoms with E-state index < -0.39 is 0 Å². The van der Waals surface area contributed by atoms with Crippen LogP contribution in [0.2, 0.25) is 0 Å². The molecule has 0 saturated carbocycles. The first-order valence-corrected chi connectivity index (χ1v) is 8.50. The van der Waals surface area contributed by atoms with E-state index in [0.29, 0.717) is 23.6 Å². The number of hydrogen-bond acceptors (Lipinski definition) is 4. The fraction of sp³-hybridized carbons (Fsp3) is 0.353. The smallest absolute Gasteiger partial charge is 0.300 e. The largest absolute Gasteiger partial charge is 0.383 e. The zero-order valence-electron chi connectivity index (χ0n) is 14.2. The molecule has 1 amide bonds. The monoisotopic (exact) mass is 344 g/mol. The minimum absolute atomic E-state index is 0.326. The molecular formula is C17H20N4O2S. The van der Waals surface area contributed by atoms with Crippen LogP contribution in [-0.4, -0.2) is 34.0 Å². The number of amides is 1. The molecule has 24 heavy (non-hydrogen) atoms. The molecule has 6 nitrogen and oxygen atoms in total. The highest BCUT2D eigenvalue weighted by molar-refractivity contribution is 7.16. The van der Waals surface area contributed by atoms with Gasteiger partial charge in [-0.2, -0.15) is 10.1 Å². The van der Waals surface area contributed by atoms with E-state index in [4.69, 9.17) is 4.74 Å². The summed E-state index contributed by atoms with van der Waals surface area (Å²) in [4.78, 5) is 17.5. The Balaban J connectivity index is 2.10. The van der Waals surface area contributed by atoms with Crippen LogP contribution in [0.1, 0.15) is 21.7 Å². The van der Waals surface area contributed by atoms with Crippen molar-refractivity contribution in [2.45, 2.75) is 20.4 Å². The molecule has 0 aliphatic heterocycles. The third kappa shape index (κ3) is 3.18. The van der Waals surface area contributed by atoms with Gasteiger partial charge in [0.2, 0.25) is 0 Å². The fourth-order valence-corrected chi connectivity index (χ4v) is 3.63. The van der Waals surface area contributed by atoms with Crippen LogP contribution < -0.4 is 4.80 Å². The van der Waals surface area contributed by atoms with Crippen molar-refractivity contribution < 1.29 is 9.53 Å². The van der Waals surface area contributed by atoms with Gasteiger partial charge in [0.05, 0.1) is 16.8 Å². The summed E-state index contributed by atoms with van der Waals surface area (Å²) in [7, 11) is 3.48. The molecule has 3 aromatic rings. The van der Waals surface area contributed by atoms with Crippen molar-refractivity contribution in [2.24, 2.45) is 12.0 Å². The number of methoxy groups -OCH3 is 1. The van der Waals surface area contributed by atoms with Crippen molar-refractivity contribution in [1.29, 1.82) is 0 Å². The van der Waals surface area contributed by atoms with Crippen LogP contribution in [0, 0.1) is 13.8 Å². The van der Waals surface area contributed by atoms with Crippen molar-refractivity contribution in [2.75, 3.05) is 13.7 Å². The zero-order chi connectivity index (χ0) is 17.3. The van der Waals surface area contributed by atoms with Gasteiger partial charge in [-0.15, -0.1) is 0 Å². The second kappa shape index (κ2) is 6.70. The number of aromatic nitrogens is 3. The minimum Gasteiger partial charge on any atom is -0.383 e. The summed E-state index contributed by atoms with van der Waals surface area (Å²) in [5.41, 5.74) is 3.53. The van der Waals surface area contributed by atoms with Gasteiger partial charge in [0.25, 0.3) is 5.91 Å². The van der Waals surface area contributed by atoms with Gasteiger partial charge in [-0.25, -0.2) is 0 Å². The molecule has 0 bridgehead atoms. The number of carbonyl (C=O) groups is 1. The minimum atomic E-state index is -0.326. The number of aryl methyl sites for hydroxylation is 3. The van der Waals surface area contributed by atoms with Crippen LogP contribution in [0.25, 0.3) is 10.2 Å². The summed E-state index contributed by atoms with van der Waals surface area (Å²) in [5.74, 6) is -0.326. The van der Waals surface area contributed by atoms with Gasteiger partial charge in [0.1, 0.15) is 0 Å². The summed E-state index contributed by atoms with van der Waals surface area (Å²) in [6, 6.07) is 7.98. The average Bonchev–Trinajstić information content (AvgIpc) is 3.05. The fourth-order valence-electron chi connectivity index (χ4n) is 2.47. The average molecular weight is 344 g/mol. The first kappa shape index (κ1) is 16.6. The molecule has 0 aliphatic rings. The molecule has 0 saturated heterocycles. The topological polar surface area (TPSA) is 61.4 Å².